The Kier molecular flexibility index (Phi) is 4.48. The van der Waals surface area contributed by atoms with Gasteiger partial charge in [-0.3, -0.25) is 0 Å². The monoisotopic (exact) mass is 287 g/mol. The van der Waals surface area contributed by atoms with Gasteiger partial charge in [0.15, 0.2) is 0 Å². The molecular weight excluding hydrogens is 258 g/mol. The molecule has 2 aliphatic rings. The number of aromatic nitrogens is 1. The van der Waals surface area contributed by atoms with E-state index in [1.54, 1.807) is 0 Å². The predicted molar refractivity (Wildman–Crippen MR) is 88.6 cm³/mol. The number of nitrogens with one attached hydrogen (secondary N) is 1. The molecule has 1 N–H and O–H groups in total. The highest BCUT2D eigenvalue weighted by atomic mass is 15.2. The van der Waals surface area contributed by atoms with Crippen LogP contribution >= 0.6 is 0 Å². The highest BCUT2D eigenvalue weighted by molar-refractivity contribution is 5.44. The molecule has 0 aromatic carbocycles. The van der Waals surface area contributed by atoms with Crippen molar-refractivity contribution in [2.24, 2.45) is 11.8 Å². The van der Waals surface area contributed by atoms with E-state index in [0.29, 0.717) is 0 Å². The minimum atomic E-state index is 0.767. The Morgan fingerprint density at radius 2 is 1.90 bits per heavy atom. The molecule has 2 atom stereocenters. The van der Waals surface area contributed by atoms with Gasteiger partial charge in [-0.05, 0) is 48.8 Å². The van der Waals surface area contributed by atoms with E-state index in [1.807, 2.05) is 0 Å². The number of aryl methyl sites for hydroxylation is 1. The third-order valence-electron chi connectivity index (χ3n) is 4.92. The maximum absolute atomic E-state index is 4.91. The van der Waals surface area contributed by atoms with E-state index in [-0.39, 0.29) is 0 Å². The molecule has 21 heavy (non-hydrogen) atoms. The van der Waals surface area contributed by atoms with Crippen LogP contribution in [0.3, 0.4) is 0 Å². The Hall–Kier alpha value is -1.09. The number of nitrogens with zero attached hydrogens (tertiary/aromatic N) is 2. The normalized spacial score (nSPS) is 25.6. The van der Waals surface area contributed by atoms with Crippen molar-refractivity contribution >= 4 is 5.82 Å². The lowest BCUT2D eigenvalue weighted by atomic mass is 10.0. The van der Waals surface area contributed by atoms with Crippen LogP contribution in [0.5, 0.6) is 0 Å². The molecule has 3 nitrogen and oxygen atoms in total. The predicted octanol–water partition coefficient (Wildman–Crippen LogP) is 3.38. The lowest BCUT2D eigenvalue weighted by molar-refractivity contribution is 0.494. The van der Waals surface area contributed by atoms with Crippen LogP contribution in [0.25, 0.3) is 0 Å². The molecule has 0 spiro atoms. The first-order chi connectivity index (χ1) is 10.2. The second-order valence-corrected chi connectivity index (χ2v) is 7.09. The smallest absolute Gasteiger partial charge is 0.129 e. The van der Waals surface area contributed by atoms with Gasteiger partial charge >= 0.3 is 0 Å². The number of pyridine rings is 1. The molecule has 3 heteroatoms. The van der Waals surface area contributed by atoms with Gasteiger partial charge in [0.25, 0.3) is 0 Å². The van der Waals surface area contributed by atoms with Gasteiger partial charge in [0.2, 0.25) is 0 Å². The third kappa shape index (κ3) is 3.76. The summed E-state index contributed by atoms with van der Waals surface area (Å²) >= 11 is 0. The summed E-state index contributed by atoms with van der Waals surface area (Å²) in [5.41, 5.74) is 2.66. The van der Waals surface area contributed by atoms with E-state index in [4.69, 9.17) is 4.98 Å². The molecule has 2 heterocycles. The second-order valence-electron chi connectivity index (χ2n) is 7.09. The van der Waals surface area contributed by atoms with Gasteiger partial charge in [0.05, 0.1) is 0 Å². The van der Waals surface area contributed by atoms with Crippen molar-refractivity contribution < 1.29 is 0 Å². The number of anilines is 1. The van der Waals surface area contributed by atoms with E-state index in [9.17, 15) is 0 Å². The average Bonchev–Trinajstić information content (AvgIpc) is 3.23. The molecule has 0 radical (unpaired) electrons. The quantitative estimate of drug-likeness (QED) is 0.869. The summed E-state index contributed by atoms with van der Waals surface area (Å²) in [4.78, 5) is 7.40. The molecule has 1 aliphatic carbocycles. The van der Waals surface area contributed by atoms with Crippen molar-refractivity contribution in [2.45, 2.75) is 59.0 Å². The summed E-state index contributed by atoms with van der Waals surface area (Å²) in [5.74, 6) is 2.74. The van der Waals surface area contributed by atoms with Crippen LogP contribution in [0.4, 0.5) is 5.82 Å². The first kappa shape index (κ1) is 14.8. The fourth-order valence-electron chi connectivity index (χ4n) is 3.15. The van der Waals surface area contributed by atoms with Crippen molar-refractivity contribution in [1.82, 2.24) is 10.3 Å². The second kappa shape index (κ2) is 6.35. The molecule has 1 aromatic heterocycles. The van der Waals surface area contributed by atoms with Gasteiger partial charge in [0, 0.05) is 31.4 Å². The Balaban J connectivity index is 1.76. The summed E-state index contributed by atoms with van der Waals surface area (Å²) in [5, 5.41) is 3.63. The lowest BCUT2D eigenvalue weighted by Gasteiger charge is -2.19. The summed E-state index contributed by atoms with van der Waals surface area (Å²) in [6.45, 7) is 10.2. The summed E-state index contributed by atoms with van der Waals surface area (Å²) in [6.07, 6.45) is 4.95. The molecule has 1 aliphatic heterocycles. The van der Waals surface area contributed by atoms with E-state index in [2.05, 4.69) is 43.1 Å². The fourth-order valence-corrected chi connectivity index (χ4v) is 3.15. The van der Waals surface area contributed by atoms with Crippen LogP contribution in [0, 0.1) is 11.8 Å². The highest BCUT2D eigenvalue weighted by Crippen LogP contribution is 2.28. The summed E-state index contributed by atoms with van der Waals surface area (Å²) in [6, 6.07) is 5.37. The zero-order chi connectivity index (χ0) is 14.8. The molecule has 1 saturated heterocycles. The highest BCUT2D eigenvalue weighted by Gasteiger charge is 2.27. The maximum atomic E-state index is 4.91. The minimum absolute atomic E-state index is 0.767. The number of rotatable bonds is 6. The van der Waals surface area contributed by atoms with E-state index in [1.165, 1.54) is 36.3 Å². The van der Waals surface area contributed by atoms with Crippen LogP contribution in [-0.2, 0) is 13.0 Å². The zero-order valence-corrected chi connectivity index (χ0v) is 13.7. The van der Waals surface area contributed by atoms with Crippen LogP contribution in [0.2, 0.25) is 0 Å². The third-order valence-corrected chi connectivity index (χ3v) is 4.92. The molecule has 2 fully saturated rings. The first-order valence-corrected chi connectivity index (χ1v) is 8.64. The van der Waals surface area contributed by atoms with Crippen molar-refractivity contribution in [3.05, 3.63) is 23.4 Å². The van der Waals surface area contributed by atoms with Gasteiger partial charge in [-0.2, -0.15) is 0 Å². The summed E-state index contributed by atoms with van der Waals surface area (Å²) in [7, 11) is 0. The SMILES string of the molecule is CCCc1cc(CNC2CC2)cc(N2CC(C)C(C)C2)n1. The Labute approximate surface area is 129 Å². The molecule has 3 rings (SSSR count). The summed E-state index contributed by atoms with van der Waals surface area (Å²) < 4.78 is 0. The van der Waals surface area contributed by atoms with E-state index < -0.39 is 0 Å². The average molecular weight is 287 g/mol. The van der Waals surface area contributed by atoms with Crippen LogP contribution in [0.15, 0.2) is 12.1 Å². The maximum Gasteiger partial charge on any atom is 0.129 e. The molecule has 2 unspecified atom stereocenters. The van der Waals surface area contributed by atoms with E-state index >= 15 is 0 Å². The topological polar surface area (TPSA) is 28.2 Å². The fraction of sp³-hybridized carbons (Fsp3) is 0.722. The molecule has 1 aromatic rings. The van der Waals surface area contributed by atoms with Crippen LogP contribution < -0.4 is 10.2 Å². The van der Waals surface area contributed by atoms with Crippen molar-refractivity contribution in [1.29, 1.82) is 0 Å². The molecule has 116 valence electrons. The Morgan fingerprint density at radius 3 is 2.52 bits per heavy atom. The van der Waals surface area contributed by atoms with Gasteiger partial charge in [-0.25, -0.2) is 4.98 Å². The van der Waals surface area contributed by atoms with Crippen LogP contribution in [0.1, 0.15) is 51.3 Å². The molecule has 0 amide bonds. The van der Waals surface area contributed by atoms with Gasteiger partial charge in [0.1, 0.15) is 5.82 Å². The lowest BCUT2D eigenvalue weighted by Crippen LogP contribution is -2.22. The zero-order valence-electron chi connectivity index (χ0n) is 13.7. The number of hydrogen-bond donors (Lipinski definition) is 1. The van der Waals surface area contributed by atoms with Crippen molar-refractivity contribution in [2.75, 3.05) is 18.0 Å². The van der Waals surface area contributed by atoms with Gasteiger partial charge in [-0.1, -0.05) is 27.2 Å². The van der Waals surface area contributed by atoms with Crippen LogP contribution in [-0.4, -0.2) is 24.1 Å². The Morgan fingerprint density at radius 1 is 1.19 bits per heavy atom. The largest absolute Gasteiger partial charge is 0.356 e. The molecule has 0 bridgehead atoms. The number of hydrogen-bond acceptors (Lipinski definition) is 3. The molecular formula is C18H29N3. The standard InChI is InChI=1S/C18H29N3/c1-4-5-17-8-15(10-19-16-6-7-16)9-18(20-17)21-11-13(2)14(3)12-21/h8-9,13-14,16,19H,4-7,10-12H2,1-3H3. The molecule has 1 saturated carbocycles. The van der Waals surface area contributed by atoms with Crippen molar-refractivity contribution in [3.63, 3.8) is 0 Å². The van der Waals surface area contributed by atoms with E-state index in [0.717, 1.165) is 43.9 Å². The van der Waals surface area contributed by atoms with Gasteiger partial charge < -0.3 is 10.2 Å². The first-order valence-electron chi connectivity index (χ1n) is 8.64. The Bertz CT molecular complexity index is 471. The van der Waals surface area contributed by atoms with Crippen molar-refractivity contribution in [3.8, 4) is 0 Å². The minimum Gasteiger partial charge on any atom is -0.356 e. The van der Waals surface area contributed by atoms with Gasteiger partial charge in [-0.15, -0.1) is 0 Å².